The van der Waals surface area contributed by atoms with Crippen molar-refractivity contribution in [2.24, 2.45) is 11.8 Å². The molecule has 0 unspecified atom stereocenters. The van der Waals surface area contributed by atoms with Crippen molar-refractivity contribution in [2.45, 2.75) is 60.0 Å². The first-order valence-corrected chi connectivity index (χ1v) is 7.77. The van der Waals surface area contributed by atoms with Crippen LogP contribution in [0.1, 0.15) is 62.4 Å². The molecular formula is C16H29N3O2. The van der Waals surface area contributed by atoms with Crippen LogP contribution in [0.3, 0.4) is 0 Å². The van der Waals surface area contributed by atoms with Crippen LogP contribution in [0.5, 0.6) is 0 Å². The molecule has 21 heavy (non-hydrogen) atoms. The van der Waals surface area contributed by atoms with E-state index < -0.39 is 0 Å². The van der Waals surface area contributed by atoms with E-state index in [9.17, 15) is 4.79 Å². The Hall–Kier alpha value is -1.33. The molecule has 1 aromatic heterocycles. The summed E-state index contributed by atoms with van der Waals surface area (Å²) < 4.78 is 5.73. The number of hydrogen-bond acceptors (Lipinski definition) is 4. The Morgan fingerprint density at radius 2 is 2.00 bits per heavy atom. The first kappa shape index (κ1) is 17.7. The van der Waals surface area contributed by atoms with Gasteiger partial charge in [-0.05, 0) is 31.7 Å². The SMILES string of the molecule is CCC(CC)N(Cc1cc(C(=O)NN)c(C)o1)CC(C)C. The molecule has 0 aromatic carbocycles. The standard InChI is InChI=1S/C16H29N3O2/c1-6-13(7-2)19(9-11(3)4)10-14-8-15(12(5)21-14)16(20)18-17/h8,11,13H,6-7,9-10,17H2,1-5H3,(H,18,20). The molecule has 0 aliphatic heterocycles. The largest absolute Gasteiger partial charge is 0.464 e. The monoisotopic (exact) mass is 295 g/mol. The van der Waals surface area contributed by atoms with E-state index in [1.54, 1.807) is 13.0 Å². The topological polar surface area (TPSA) is 71.5 Å². The molecule has 120 valence electrons. The summed E-state index contributed by atoms with van der Waals surface area (Å²) in [5.74, 6) is 6.91. The lowest BCUT2D eigenvalue weighted by atomic mass is 10.1. The van der Waals surface area contributed by atoms with Crippen molar-refractivity contribution in [2.75, 3.05) is 6.54 Å². The summed E-state index contributed by atoms with van der Waals surface area (Å²) in [6.45, 7) is 12.4. The predicted octanol–water partition coefficient (Wildman–Crippen LogP) is 2.84. The fourth-order valence-corrected chi connectivity index (χ4v) is 2.74. The highest BCUT2D eigenvalue weighted by Gasteiger charge is 2.20. The van der Waals surface area contributed by atoms with Crippen LogP contribution in [0, 0.1) is 12.8 Å². The van der Waals surface area contributed by atoms with Crippen molar-refractivity contribution in [3.63, 3.8) is 0 Å². The lowest BCUT2D eigenvalue weighted by molar-refractivity contribution is 0.0952. The number of aryl methyl sites for hydroxylation is 1. The van der Waals surface area contributed by atoms with E-state index in [2.05, 4.69) is 38.0 Å². The summed E-state index contributed by atoms with van der Waals surface area (Å²) in [6, 6.07) is 2.33. The van der Waals surface area contributed by atoms with Gasteiger partial charge in [-0.15, -0.1) is 0 Å². The molecule has 1 amide bonds. The number of nitrogens with zero attached hydrogens (tertiary/aromatic N) is 1. The Morgan fingerprint density at radius 3 is 2.48 bits per heavy atom. The number of carbonyl (C=O) groups is 1. The number of hydrogen-bond donors (Lipinski definition) is 2. The van der Waals surface area contributed by atoms with E-state index in [-0.39, 0.29) is 5.91 Å². The lowest BCUT2D eigenvalue weighted by Crippen LogP contribution is -2.36. The van der Waals surface area contributed by atoms with Crippen LogP contribution >= 0.6 is 0 Å². The van der Waals surface area contributed by atoms with Gasteiger partial charge in [0.15, 0.2) is 0 Å². The molecule has 1 aromatic rings. The second kappa shape index (κ2) is 8.20. The van der Waals surface area contributed by atoms with Crippen molar-refractivity contribution in [1.29, 1.82) is 0 Å². The van der Waals surface area contributed by atoms with Gasteiger partial charge >= 0.3 is 0 Å². The number of furan rings is 1. The molecule has 0 saturated carbocycles. The highest BCUT2D eigenvalue weighted by atomic mass is 16.3. The molecule has 5 heteroatoms. The number of nitrogens with one attached hydrogen (secondary N) is 1. The number of rotatable bonds is 8. The van der Waals surface area contributed by atoms with E-state index in [1.807, 2.05) is 0 Å². The first-order valence-electron chi connectivity index (χ1n) is 7.77. The maximum atomic E-state index is 11.6. The zero-order valence-corrected chi connectivity index (χ0v) is 13.9. The molecule has 5 nitrogen and oxygen atoms in total. The molecule has 1 heterocycles. The molecule has 1 rings (SSSR count). The summed E-state index contributed by atoms with van der Waals surface area (Å²) in [4.78, 5) is 14.1. The minimum absolute atomic E-state index is 0.305. The molecule has 0 aliphatic carbocycles. The molecule has 0 spiro atoms. The first-order chi connectivity index (χ1) is 9.92. The third-order valence-corrected chi connectivity index (χ3v) is 3.76. The van der Waals surface area contributed by atoms with Gasteiger partial charge in [-0.1, -0.05) is 27.7 Å². The average Bonchev–Trinajstić information content (AvgIpc) is 2.79. The highest BCUT2D eigenvalue weighted by molar-refractivity contribution is 5.94. The second-order valence-electron chi connectivity index (χ2n) is 5.95. The zero-order chi connectivity index (χ0) is 16.0. The van der Waals surface area contributed by atoms with Crippen LogP contribution in [-0.4, -0.2) is 23.4 Å². The second-order valence-corrected chi connectivity index (χ2v) is 5.95. The fraction of sp³-hybridized carbons (Fsp3) is 0.688. The quantitative estimate of drug-likeness (QED) is 0.439. The van der Waals surface area contributed by atoms with Crippen LogP contribution in [0.25, 0.3) is 0 Å². The van der Waals surface area contributed by atoms with E-state index >= 15 is 0 Å². The van der Waals surface area contributed by atoms with Gasteiger partial charge in [-0.2, -0.15) is 0 Å². The van der Waals surface area contributed by atoms with Crippen LogP contribution in [0.15, 0.2) is 10.5 Å². The smallest absolute Gasteiger partial charge is 0.268 e. The van der Waals surface area contributed by atoms with Gasteiger partial charge in [0, 0.05) is 12.6 Å². The maximum Gasteiger partial charge on any atom is 0.268 e. The van der Waals surface area contributed by atoms with Crippen LogP contribution in [0.2, 0.25) is 0 Å². The number of nitrogen functional groups attached to an aromatic ring is 1. The Bertz CT molecular complexity index is 450. The third kappa shape index (κ3) is 4.86. The normalized spacial score (nSPS) is 11.7. The molecule has 0 fully saturated rings. The van der Waals surface area contributed by atoms with Crippen molar-refractivity contribution < 1.29 is 9.21 Å². The maximum absolute atomic E-state index is 11.6. The van der Waals surface area contributed by atoms with E-state index in [0.717, 1.165) is 31.7 Å². The van der Waals surface area contributed by atoms with Gasteiger partial charge in [-0.3, -0.25) is 15.1 Å². The fourth-order valence-electron chi connectivity index (χ4n) is 2.74. The molecule has 0 bridgehead atoms. The Balaban J connectivity index is 2.90. The van der Waals surface area contributed by atoms with Gasteiger partial charge in [0.1, 0.15) is 11.5 Å². The summed E-state index contributed by atoms with van der Waals surface area (Å²) in [5, 5.41) is 0. The number of carbonyl (C=O) groups excluding carboxylic acids is 1. The third-order valence-electron chi connectivity index (χ3n) is 3.76. The van der Waals surface area contributed by atoms with Crippen LogP contribution < -0.4 is 11.3 Å². The van der Waals surface area contributed by atoms with Crippen molar-refractivity contribution >= 4 is 5.91 Å². The minimum atomic E-state index is -0.305. The van der Waals surface area contributed by atoms with Crippen molar-refractivity contribution in [3.05, 3.63) is 23.2 Å². The van der Waals surface area contributed by atoms with Crippen molar-refractivity contribution in [1.82, 2.24) is 10.3 Å². The summed E-state index contributed by atoms with van der Waals surface area (Å²) >= 11 is 0. The molecule has 0 aliphatic rings. The number of amides is 1. The zero-order valence-electron chi connectivity index (χ0n) is 13.9. The number of hydrazine groups is 1. The number of nitrogens with two attached hydrogens (primary N) is 1. The molecule has 0 atom stereocenters. The average molecular weight is 295 g/mol. The Morgan fingerprint density at radius 1 is 1.38 bits per heavy atom. The lowest BCUT2D eigenvalue weighted by Gasteiger charge is -2.31. The van der Waals surface area contributed by atoms with Gasteiger partial charge < -0.3 is 4.42 Å². The Kier molecular flexibility index (Phi) is 6.92. The van der Waals surface area contributed by atoms with Gasteiger partial charge in [-0.25, -0.2) is 5.84 Å². The van der Waals surface area contributed by atoms with Gasteiger partial charge in [0.2, 0.25) is 0 Å². The van der Waals surface area contributed by atoms with Gasteiger partial charge in [0.25, 0.3) is 5.91 Å². The molecule has 0 saturated heterocycles. The summed E-state index contributed by atoms with van der Waals surface area (Å²) in [5.41, 5.74) is 2.67. The van der Waals surface area contributed by atoms with Crippen LogP contribution in [-0.2, 0) is 6.54 Å². The van der Waals surface area contributed by atoms with E-state index in [0.29, 0.717) is 23.3 Å². The summed E-state index contributed by atoms with van der Waals surface area (Å²) in [7, 11) is 0. The minimum Gasteiger partial charge on any atom is -0.464 e. The van der Waals surface area contributed by atoms with Crippen LogP contribution in [0.4, 0.5) is 0 Å². The molecule has 3 N–H and O–H groups in total. The van der Waals surface area contributed by atoms with E-state index in [4.69, 9.17) is 10.3 Å². The van der Waals surface area contributed by atoms with E-state index in [1.165, 1.54) is 0 Å². The molecule has 0 radical (unpaired) electrons. The molecular weight excluding hydrogens is 266 g/mol. The predicted molar refractivity (Wildman–Crippen MR) is 84.7 cm³/mol. The van der Waals surface area contributed by atoms with Crippen molar-refractivity contribution in [3.8, 4) is 0 Å². The highest BCUT2D eigenvalue weighted by Crippen LogP contribution is 2.20. The Labute approximate surface area is 127 Å². The van der Waals surface area contributed by atoms with Gasteiger partial charge in [0.05, 0.1) is 12.1 Å². The summed E-state index contributed by atoms with van der Waals surface area (Å²) in [6.07, 6.45) is 2.22.